The highest BCUT2D eigenvalue weighted by molar-refractivity contribution is 4.99. The second-order valence-electron chi connectivity index (χ2n) is 3.77. The predicted octanol–water partition coefficient (Wildman–Crippen LogP) is 2.88. The Morgan fingerprint density at radius 1 is 1.46 bits per heavy atom. The lowest BCUT2D eigenvalue weighted by molar-refractivity contribution is 0.0805. The van der Waals surface area contributed by atoms with Crippen molar-refractivity contribution in [3.8, 4) is 0 Å². The summed E-state index contributed by atoms with van der Waals surface area (Å²) in [5.74, 6) is 1.67. The summed E-state index contributed by atoms with van der Waals surface area (Å²) in [5.41, 5.74) is 0. The van der Waals surface area contributed by atoms with E-state index in [2.05, 4.69) is 13.8 Å². The summed E-state index contributed by atoms with van der Waals surface area (Å²) in [6.45, 7) is 4.41. The molecule has 0 aromatic carbocycles. The van der Waals surface area contributed by atoms with Crippen LogP contribution in [0.3, 0.4) is 0 Å². The molecule has 0 saturated heterocycles. The quantitative estimate of drug-likeness (QED) is 0.698. The Bertz CT molecular complexity index is 214. The first kappa shape index (κ1) is 10.3. The van der Waals surface area contributed by atoms with Crippen LogP contribution in [0.25, 0.3) is 0 Å². The van der Waals surface area contributed by atoms with Crippen LogP contribution in [0.15, 0.2) is 22.8 Å². The van der Waals surface area contributed by atoms with Crippen LogP contribution in [-0.4, -0.2) is 13.2 Å². The molecule has 0 radical (unpaired) electrons. The fourth-order valence-electron chi connectivity index (χ4n) is 1.44. The molecule has 1 rings (SSSR count). The van der Waals surface area contributed by atoms with Crippen molar-refractivity contribution in [3.63, 3.8) is 0 Å². The monoisotopic (exact) mass is 182 g/mol. The third-order valence-corrected chi connectivity index (χ3v) is 2.08. The van der Waals surface area contributed by atoms with Gasteiger partial charge in [0, 0.05) is 13.5 Å². The zero-order chi connectivity index (χ0) is 9.68. The third kappa shape index (κ3) is 3.64. The Hall–Kier alpha value is -0.760. The van der Waals surface area contributed by atoms with Crippen LogP contribution >= 0.6 is 0 Å². The predicted molar refractivity (Wildman–Crippen MR) is 52.7 cm³/mol. The van der Waals surface area contributed by atoms with Crippen LogP contribution in [0.5, 0.6) is 0 Å². The van der Waals surface area contributed by atoms with Gasteiger partial charge in [0.1, 0.15) is 5.76 Å². The number of furan rings is 1. The van der Waals surface area contributed by atoms with E-state index < -0.39 is 0 Å². The van der Waals surface area contributed by atoms with Crippen LogP contribution in [0.1, 0.15) is 26.0 Å². The number of hydrogen-bond acceptors (Lipinski definition) is 2. The van der Waals surface area contributed by atoms with Gasteiger partial charge in [0.05, 0.1) is 12.4 Å². The smallest absolute Gasteiger partial charge is 0.106 e. The molecular formula is C11H18O2. The fraction of sp³-hybridized carbons (Fsp3) is 0.636. The second kappa shape index (κ2) is 5.07. The molecule has 1 aromatic heterocycles. The lowest BCUT2D eigenvalue weighted by atomic mass is 10.0. The van der Waals surface area contributed by atoms with Crippen molar-refractivity contribution in [3.05, 3.63) is 24.2 Å². The van der Waals surface area contributed by atoms with Gasteiger partial charge in [0.25, 0.3) is 0 Å². The van der Waals surface area contributed by atoms with Crippen molar-refractivity contribution >= 4 is 0 Å². The van der Waals surface area contributed by atoms with Gasteiger partial charge in [0.2, 0.25) is 0 Å². The maximum Gasteiger partial charge on any atom is 0.106 e. The molecular weight excluding hydrogens is 164 g/mol. The summed E-state index contributed by atoms with van der Waals surface area (Å²) in [5, 5.41) is 0. The highest BCUT2D eigenvalue weighted by Crippen LogP contribution is 2.13. The van der Waals surface area contributed by atoms with Crippen molar-refractivity contribution in [1.29, 1.82) is 0 Å². The van der Waals surface area contributed by atoms with Gasteiger partial charge in [-0.2, -0.15) is 0 Å². The molecule has 0 aliphatic carbocycles. The lowest BCUT2D eigenvalue weighted by Gasteiger charge is -2.15. The topological polar surface area (TPSA) is 22.4 Å². The molecule has 0 N–H and O–H groups in total. The van der Waals surface area contributed by atoms with E-state index in [1.54, 1.807) is 13.4 Å². The van der Waals surface area contributed by atoms with E-state index in [0.717, 1.165) is 18.6 Å². The zero-order valence-corrected chi connectivity index (χ0v) is 8.62. The Morgan fingerprint density at radius 2 is 2.23 bits per heavy atom. The van der Waals surface area contributed by atoms with Gasteiger partial charge in [-0.25, -0.2) is 0 Å². The van der Waals surface area contributed by atoms with Crippen LogP contribution in [0.4, 0.5) is 0 Å². The van der Waals surface area contributed by atoms with E-state index in [4.69, 9.17) is 9.15 Å². The third-order valence-electron chi connectivity index (χ3n) is 2.08. The largest absolute Gasteiger partial charge is 0.469 e. The summed E-state index contributed by atoms with van der Waals surface area (Å²) >= 11 is 0. The van der Waals surface area contributed by atoms with Gasteiger partial charge in [-0.3, -0.25) is 0 Å². The van der Waals surface area contributed by atoms with Crippen molar-refractivity contribution < 1.29 is 9.15 Å². The standard InChI is InChI=1S/C11H18O2/c1-9(2)7-11(12-3)8-10-5-4-6-13-10/h4-6,9,11H,7-8H2,1-3H3. The summed E-state index contributed by atoms with van der Waals surface area (Å²) in [6.07, 6.45) is 3.95. The van der Waals surface area contributed by atoms with Gasteiger partial charge >= 0.3 is 0 Å². The van der Waals surface area contributed by atoms with Gasteiger partial charge in [0.15, 0.2) is 0 Å². The number of methoxy groups -OCH3 is 1. The molecule has 0 amide bonds. The number of rotatable bonds is 5. The lowest BCUT2D eigenvalue weighted by Crippen LogP contribution is -2.16. The SMILES string of the molecule is COC(Cc1ccco1)CC(C)C. The molecule has 0 aliphatic heterocycles. The summed E-state index contributed by atoms with van der Waals surface area (Å²) in [4.78, 5) is 0. The van der Waals surface area contributed by atoms with Crippen molar-refractivity contribution in [1.82, 2.24) is 0 Å². The molecule has 1 aromatic rings. The Morgan fingerprint density at radius 3 is 2.69 bits per heavy atom. The molecule has 2 nitrogen and oxygen atoms in total. The highest BCUT2D eigenvalue weighted by Gasteiger charge is 2.11. The average molecular weight is 182 g/mol. The molecule has 0 saturated carbocycles. The van der Waals surface area contributed by atoms with Gasteiger partial charge in [-0.05, 0) is 24.5 Å². The maximum atomic E-state index is 5.37. The molecule has 2 heteroatoms. The van der Waals surface area contributed by atoms with E-state index in [1.807, 2.05) is 12.1 Å². The molecule has 0 fully saturated rings. The van der Waals surface area contributed by atoms with Gasteiger partial charge in [-0.1, -0.05) is 13.8 Å². The summed E-state index contributed by atoms with van der Waals surface area (Å²) in [7, 11) is 1.76. The summed E-state index contributed by atoms with van der Waals surface area (Å²) < 4.78 is 10.6. The van der Waals surface area contributed by atoms with Gasteiger partial charge < -0.3 is 9.15 Å². The first-order chi connectivity index (χ1) is 6.22. The van der Waals surface area contributed by atoms with E-state index in [-0.39, 0.29) is 6.10 Å². The van der Waals surface area contributed by atoms with E-state index in [9.17, 15) is 0 Å². The van der Waals surface area contributed by atoms with Crippen LogP contribution in [0, 0.1) is 5.92 Å². The minimum atomic E-state index is 0.283. The van der Waals surface area contributed by atoms with Crippen LogP contribution in [0.2, 0.25) is 0 Å². The Balaban J connectivity index is 2.40. The summed E-state index contributed by atoms with van der Waals surface area (Å²) in [6, 6.07) is 3.91. The Labute approximate surface area is 79.9 Å². The van der Waals surface area contributed by atoms with Crippen LogP contribution in [-0.2, 0) is 11.2 Å². The van der Waals surface area contributed by atoms with E-state index >= 15 is 0 Å². The average Bonchev–Trinajstić information content (AvgIpc) is 2.55. The van der Waals surface area contributed by atoms with Crippen molar-refractivity contribution in [2.24, 2.45) is 5.92 Å². The molecule has 74 valence electrons. The molecule has 1 heterocycles. The van der Waals surface area contributed by atoms with Crippen molar-refractivity contribution in [2.45, 2.75) is 32.8 Å². The highest BCUT2D eigenvalue weighted by atomic mass is 16.5. The second-order valence-corrected chi connectivity index (χ2v) is 3.77. The normalized spacial score (nSPS) is 13.5. The maximum absolute atomic E-state index is 5.37. The van der Waals surface area contributed by atoms with Gasteiger partial charge in [-0.15, -0.1) is 0 Å². The molecule has 0 bridgehead atoms. The van der Waals surface area contributed by atoms with E-state index in [0.29, 0.717) is 5.92 Å². The number of hydrogen-bond donors (Lipinski definition) is 0. The number of ether oxygens (including phenoxy) is 1. The minimum Gasteiger partial charge on any atom is -0.469 e. The van der Waals surface area contributed by atoms with Crippen LogP contribution < -0.4 is 0 Å². The first-order valence-electron chi connectivity index (χ1n) is 4.77. The molecule has 1 atom stereocenters. The fourth-order valence-corrected chi connectivity index (χ4v) is 1.44. The van der Waals surface area contributed by atoms with Crippen molar-refractivity contribution in [2.75, 3.05) is 7.11 Å². The molecule has 1 unspecified atom stereocenters. The first-order valence-corrected chi connectivity index (χ1v) is 4.77. The van der Waals surface area contributed by atoms with E-state index in [1.165, 1.54) is 0 Å². The molecule has 0 spiro atoms. The molecule has 13 heavy (non-hydrogen) atoms. The zero-order valence-electron chi connectivity index (χ0n) is 8.62. The molecule has 0 aliphatic rings. The minimum absolute atomic E-state index is 0.283. The Kier molecular flexibility index (Phi) is 4.03.